The van der Waals surface area contributed by atoms with E-state index in [1.807, 2.05) is 0 Å². The van der Waals surface area contributed by atoms with E-state index >= 15 is 0 Å². The predicted octanol–water partition coefficient (Wildman–Crippen LogP) is 0.163. The lowest BCUT2D eigenvalue weighted by molar-refractivity contribution is -0.0109. The molecule has 0 aliphatic carbocycles. The van der Waals surface area contributed by atoms with Gasteiger partial charge >= 0.3 is 0 Å². The van der Waals surface area contributed by atoms with Gasteiger partial charge in [-0.15, -0.1) is 0 Å². The van der Waals surface area contributed by atoms with Gasteiger partial charge in [0.1, 0.15) is 5.69 Å². The molecule has 1 aromatic heterocycles. The molecule has 1 fully saturated rings. The molecule has 0 bridgehead atoms. The Bertz CT molecular complexity index is 525. The summed E-state index contributed by atoms with van der Waals surface area (Å²) < 4.78 is 0. The molecule has 0 radical (unpaired) electrons. The van der Waals surface area contributed by atoms with Crippen LogP contribution in [0.15, 0.2) is 23.5 Å². The van der Waals surface area contributed by atoms with E-state index in [9.17, 15) is 9.90 Å². The van der Waals surface area contributed by atoms with Gasteiger partial charge in [-0.25, -0.2) is 0 Å². The van der Waals surface area contributed by atoms with Gasteiger partial charge in [0.2, 0.25) is 0 Å². The van der Waals surface area contributed by atoms with Crippen LogP contribution in [0.25, 0.3) is 0 Å². The fourth-order valence-electron chi connectivity index (χ4n) is 2.29. The van der Waals surface area contributed by atoms with Crippen LogP contribution < -0.4 is 5.73 Å². The van der Waals surface area contributed by atoms with E-state index in [-0.39, 0.29) is 17.4 Å². The second-order valence-electron chi connectivity index (χ2n) is 5.24. The summed E-state index contributed by atoms with van der Waals surface area (Å²) in [6.07, 6.45) is 2.83. The first-order valence-corrected chi connectivity index (χ1v) is 6.38. The van der Waals surface area contributed by atoms with Crippen LogP contribution in [0.3, 0.4) is 0 Å². The number of hydrogen-bond acceptors (Lipinski definition) is 5. The fraction of sp³-hybridized carbons (Fsp3) is 0.462. The van der Waals surface area contributed by atoms with Gasteiger partial charge in [-0.05, 0) is 31.9 Å². The molecule has 1 atom stereocenters. The van der Waals surface area contributed by atoms with Crippen LogP contribution in [0, 0.1) is 0 Å². The van der Waals surface area contributed by atoms with Crippen LogP contribution in [-0.4, -0.2) is 50.6 Å². The highest BCUT2D eigenvalue weighted by molar-refractivity contribution is 5.98. The van der Waals surface area contributed by atoms with Gasteiger partial charge in [-0.2, -0.15) is 0 Å². The van der Waals surface area contributed by atoms with Crippen LogP contribution in [0.2, 0.25) is 0 Å². The van der Waals surface area contributed by atoms with E-state index in [4.69, 9.17) is 10.9 Å². The molecule has 2 heterocycles. The van der Waals surface area contributed by atoms with Crippen molar-refractivity contribution < 1.29 is 15.1 Å². The molecule has 7 nitrogen and oxygen atoms in total. The van der Waals surface area contributed by atoms with Gasteiger partial charge in [0.15, 0.2) is 5.84 Å². The van der Waals surface area contributed by atoms with E-state index in [2.05, 4.69) is 10.1 Å². The van der Waals surface area contributed by atoms with Crippen molar-refractivity contribution in [2.45, 2.75) is 25.4 Å². The van der Waals surface area contributed by atoms with Crippen molar-refractivity contribution in [2.24, 2.45) is 10.9 Å². The summed E-state index contributed by atoms with van der Waals surface area (Å²) in [6.45, 7) is 2.63. The summed E-state index contributed by atoms with van der Waals surface area (Å²) >= 11 is 0. The zero-order valence-corrected chi connectivity index (χ0v) is 11.3. The fourth-order valence-corrected chi connectivity index (χ4v) is 2.29. The highest BCUT2D eigenvalue weighted by Gasteiger charge is 2.31. The van der Waals surface area contributed by atoms with E-state index in [0.29, 0.717) is 25.1 Å². The number of hydrogen-bond donors (Lipinski definition) is 3. The van der Waals surface area contributed by atoms with Gasteiger partial charge < -0.3 is 20.9 Å². The first-order valence-electron chi connectivity index (χ1n) is 6.38. The third-order valence-electron chi connectivity index (χ3n) is 3.35. The first-order chi connectivity index (χ1) is 9.43. The smallest absolute Gasteiger partial charge is 0.272 e. The molecule has 0 spiro atoms. The number of rotatable bonds is 2. The average Bonchev–Trinajstić information content (AvgIpc) is 2.45. The molecule has 0 aromatic carbocycles. The normalized spacial score (nSPS) is 23.7. The second kappa shape index (κ2) is 5.46. The van der Waals surface area contributed by atoms with Crippen LogP contribution >= 0.6 is 0 Å². The number of amides is 1. The molecule has 7 heteroatoms. The Morgan fingerprint density at radius 3 is 2.85 bits per heavy atom. The second-order valence-corrected chi connectivity index (χ2v) is 5.24. The van der Waals surface area contributed by atoms with Gasteiger partial charge in [-0.3, -0.25) is 9.78 Å². The minimum Gasteiger partial charge on any atom is -0.409 e. The minimum atomic E-state index is -0.845. The number of oxime groups is 1. The number of amidine groups is 1. The van der Waals surface area contributed by atoms with Crippen molar-refractivity contribution >= 4 is 11.7 Å². The van der Waals surface area contributed by atoms with Crippen molar-refractivity contribution in [3.8, 4) is 0 Å². The van der Waals surface area contributed by atoms with Crippen LogP contribution in [0.4, 0.5) is 0 Å². The average molecular weight is 278 g/mol. The lowest BCUT2D eigenvalue weighted by atomic mass is 9.95. The molecule has 1 aliphatic rings. The first kappa shape index (κ1) is 14.3. The Kier molecular flexibility index (Phi) is 3.89. The Hall–Kier alpha value is -2.15. The van der Waals surface area contributed by atoms with E-state index in [0.717, 1.165) is 6.42 Å². The Morgan fingerprint density at radius 1 is 1.55 bits per heavy atom. The molecule has 4 N–H and O–H groups in total. The monoisotopic (exact) mass is 278 g/mol. The molecule has 1 aromatic rings. The zero-order valence-electron chi connectivity index (χ0n) is 11.3. The molecule has 1 amide bonds. The molecule has 1 aliphatic heterocycles. The number of carbonyl (C=O) groups excluding carboxylic acids is 1. The molecular formula is C13H18N4O3. The van der Waals surface area contributed by atoms with Crippen molar-refractivity contribution in [3.05, 3.63) is 29.6 Å². The molecule has 1 unspecified atom stereocenters. The molecule has 20 heavy (non-hydrogen) atoms. The number of nitrogens with zero attached hydrogens (tertiary/aromatic N) is 3. The maximum atomic E-state index is 12.3. The van der Waals surface area contributed by atoms with Crippen LogP contribution in [0.1, 0.15) is 35.8 Å². The molecule has 1 saturated heterocycles. The zero-order chi connectivity index (χ0) is 14.8. The quantitative estimate of drug-likeness (QED) is 0.309. The maximum Gasteiger partial charge on any atom is 0.272 e. The van der Waals surface area contributed by atoms with E-state index < -0.39 is 5.60 Å². The van der Waals surface area contributed by atoms with Gasteiger partial charge in [-0.1, -0.05) is 5.16 Å². The summed E-state index contributed by atoms with van der Waals surface area (Å²) in [6, 6.07) is 3.09. The summed E-state index contributed by atoms with van der Waals surface area (Å²) in [4.78, 5) is 17.9. The van der Waals surface area contributed by atoms with Crippen molar-refractivity contribution in [1.82, 2.24) is 9.88 Å². The van der Waals surface area contributed by atoms with Crippen molar-refractivity contribution in [2.75, 3.05) is 13.1 Å². The van der Waals surface area contributed by atoms with Crippen molar-refractivity contribution in [3.63, 3.8) is 0 Å². The Morgan fingerprint density at radius 2 is 2.30 bits per heavy atom. The number of piperidine rings is 1. The van der Waals surface area contributed by atoms with Gasteiger partial charge in [0.05, 0.1) is 5.60 Å². The number of nitrogens with two attached hydrogens (primary N) is 1. The predicted molar refractivity (Wildman–Crippen MR) is 72.5 cm³/mol. The highest BCUT2D eigenvalue weighted by Crippen LogP contribution is 2.21. The van der Waals surface area contributed by atoms with Crippen LogP contribution in [-0.2, 0) is 0 Å². The van der Waals surface area contributed by atoms with Crippen LogP contribution in [0.5, 0.6) is 0 Å². The third-order valence-corrected chi connectivity index (χ3v) is 3.35. The summed E-state index contributed by atoms with van der Waals surface area (Å²) in [5.74, 6) is -0.284. The standard InChI is InChI=1S/C13H18N4O3/c1-13(19)5-2-6-17(8-13)12(18)10-4-3-9(7-15-10)11(14)16-20/h3-4,7,19-20H,2,5-6,8H2,1H3,(H2,14,16). The minimum absolute atomic E-state index is 0.0580. The Labute approximate surface area is 116 Å². The summed E-state index contributed by atoms with van der Waals surface area (Å²) in [7, 11) is 0. The lowest BCUT2D eigenvalue weighted by Crippen LogP contribution is -2.48. The number of aromatic nitrogens is 1. The number of likely N-dealkylation sites (tertiary alicyclic amines) is 1. The summed E-state index contributed by atoms with van der Waals surface area (Å²) in [5, 5.41) is 21.4. The lowest BCUT2D eigenvalue weighted by Gasteiger charge is -2.36. The molecule has 2 rings (SSSR count). The van der Waals surface area contributed by atoms with Crippen molar-refractivity contribution in [1.29, 1.82) is 0 Å². The molecule has 108 valence electrons. The van der Waals surface area contributed by atoms with E-state index in [1.165, 1.54) is 12.3 Å². The maximum absolute atomic E-state index is 12.3. The van der Waals surface area contributed by atoms with Gasteiger partial charge in [0, 0.05) is 24.8 Å². The topological polar surface area (TPSA) is 112 Å². The number of aliphatic hydroxyl groups is 1. The van der Waals surface area contributed by atoms with Gasteiger partial charge in [0.25, 0.3) is 5.91 Å². The summed E-state index contributed by atoms with van der Waals surface area (Å²) in [5.41, 5.74) is 5.30. The number of pyridine rings is 1. The third kappa shape index (κ3) is 3.05. The highest BCUT2D eigenvalue weighted by atomic mass is 16.4. The Balaban J connectivity index is 2.13. The SMILES string of the molecule is CC1(O)CCCN(C(=O)c2ccc(/C(N)=N/O)cn2)C1. The number of carbonyl (C=O) groups is 1. The molecular weight excluding hydrogens is 260 g/mol. The van der Waals surface area contributed by atoms with E-state index in [1.54, 1.807) is 17.9 Å². The number of β-amino-alcohol motifs (C(OH)–C–C–N with tert-alkyl or cyclic N) is 1. The molecule has 0 saturated carbocycles. The largest absolute Gasteiger partial charge is 0.409 e.